The van der Waals surface area contributed by atoms with Crippen molar-refractivity contribution < 1.29 is 0 Å². The highest BCUT2D eigenvalue weighted by molar-refractivity contribution is 9.10. The number of H-pyrrole nitrogens is 1. The lowest BCUT2D eigenvalue weighted by Crippen LogP contribution is -2.00. The van der Waals surface area contributed by atoms with Crippen LogP contribution in [0.25, 0.3) is 11.3 Å². The summed E-state index contributed by atoms with van der Waals surface area (Å²) in [6.07, 6.45) is 0.654. The molecule has 0 saturated heterocycles. The van der Waals surface area contributed by atoms with Crippen LogP contribution >= 0.6 is 39.5 Å². The maximum absolute atomic E-state index is 5.35. The number of halogens is 1. The van der Waals surface area contributed by atoms with Gasteiger partial charge in [0, 0.05) is 11.8 Å². The minimum Gasteiger partial charge on any atom is -0.342 e. The Bertz CT molecular complexity index is 824. The molecule has 6 heteroatoms. The van der Waals surface area contributed by atoms with E-state index in [1.54, 1.807) is 11.3 Å². The van der Waals surface area contributed by atoms with Gasteiger partial charge in [0.15, 0.2) is 0 Å². The molecular weight excluding hydrogens is 366 g/mol. The van der Waals surface area contributed by atoms with Gasteiger partial charge in [-0.05, 0) is 28.4 Å². The molecule has 0 radical (unpaired) electrons. The Balaban J connectivity index is 2.04. The molecule has 0 aliphatic carbocycles. The van der Waals surface area contributed by atoms with Crippen LogP contribution in [0.3, 0.4) is 0 Å². The lowest BCUT2D eigenvalue weighted by atomic mass is 10.1. The molecule has 21 heavy (non-hydrogen) atoms. The molecule has 2 aromatic heterocycles. The minimum absolute atomic E-state index is 0.564. The fourth-order valence-corrected chi connectivity index (χ4v) is 3.30. The van der Waals surface area contributed by atoms with Crippen LogP contribution in [-0.4, -0.2) is 15.0 Å². The predicted molar refractivity (Wildman–Crippen MR) is 92.2 cm³/mol. The van der Waals surface area contributed by atoms with Gasteiger partial charge in [0.25, 0.3) is 0 Å². The van der Waals surface area contributed by atoms with E-state index >= 15 is 0 Å². The van der Waals surface area contributed by atoms with Gasteiger partial charge < -0.3 is 4.98 Å². The summed E-state index contributed by atoms with van der Waals surface area (Å²) in [5.41, 5.74) is 3.04. The Labute approximate surface area is 140 Å². The minimum atomic E-state index is 0.564. The van der Waals surface area contributed by atoms with E-state index in [1.807, 2.05) is 37.3 Å². The number of nitrogens with zero attached hydrogens (tertiary/aromatic N) is 2. The largest absolute Gasteiger partial charge is 0.342 e. The third-order valence-electron chi connectivity index (χ3n) is 2.99. The zero-order valence-electron chi connectivity index (χ0n) is 11.3. The molecule has 0 fully saturated rings. The Morgan fingerprint density at radius 2 is 2.00 bits per heavy atom. The second kappa shape index (κ2) is 6.17. The van der Waals surface area contributed by atoms with Crippen LogP contribution in [0.5, 0.6) is 0 Å². The smallest absolute Gasteiger partial charge is 0.144 e. The van der Waals surface area contributed by atoms with Crippen molar-refractivity contribution in [1.29, 1.82) is 0 Å². The third kappa shape index (κ3) is 3.28. The number of benzene rings is 1. The number of rotatable bonds is 3. The van der Waals surface area contributed by atoms with Gasteiger partial charge in [-0.25, -0.2) is 9.97 Å². The molecule has 0 saturated carbocycles. The molecule has 0 spiro atoms. The first kappa shape index (κ1) is 14.6. The van der Waals surface area contributed by atoms with Crippen LogP contribution in [0.1, 0.15) is 16.5 Å². The standard InChI is InChI=1S/C15H12BrN3S2/c1-9-17-11(8-21-9)7-12-18-14(13(16)15(20)19-12)10-5-3-2-4-6-10/h2-6,8H,7H2,1H3,(H,18,19,20). The molecule has 3 nitrogen and oxygen atoms in total. The van der Waals surface area contributed by atoms with Crippen molar-refractivity contribution >= 4 is 39.5 Å². The predicted octanol–water partition coefficient (Wildman–Crippen LogP) is 4.92. The van der Waals surface area contributed by atoms with E-state index < -0.39 is 0 Å². The quantitative estimate of drug-likeness (QED) is 0.658. The molecule has 0 aliphatic heterocycles. The Morgan fingerprint density at radius 3 is 2.67 bits per heavy atom. The van der Waals surface area contributed by atoms with Crippen LogP contribution in [0, 0.1) is 11.6 Å². The summed E-state index contributed by atoms with van der Waals surface area (Å²) in [6, 6.07) is 10.1. The summed E-state index contributed by atoms with van der Waals surface area (Å²) in [5.74, 6) is 0.826. The zero-order chi connectivity index (χ0) is 14.8. The first-order valence-corrected chi connectivity index (χ1v) is 8.46. The Kier molecular flexibility index (Phi) is 4.28. The van der Waals surface area contributed by atoms with E-state index in [0.29, 0.717) is 11.1 Å². The average Bonchev–Trinajstić information content (AvgIpc) is 2.89. The average molecular weight is 378 g/mol. The van der Waals surface area contributed by atoms with Gasteiger partial charge in [-0.1, -0.05) is 42.5 Å². The molecule has 1 N–H and O–H groups in total. The Morgan fingerprint density at radius 1 is 1.24 bits per heavy atom. The SMILES string of the molecule is Cc1nc(Cc2nc(=S)c(Br)c(-c3ccccc3)[nH]2)cs1. The van der Waals surface area contributed by atoms with E-state index in [0.717, 1.165) is 32.3 Å². The van der Waals surface area contributed by atoms with E-state index in [9.17, 15) is 0 Å². The molecule has 0 bridgehead atoms. The number of hydrogen-bond acceptors (Lipinski definition) is 4. The number of aromatic amines is 1. The number of aryl methyl sites for hydroxylation is 1. The van der Waals surface area contributed by atoms with E-state index in [2.05, 4.69) is 36.3 Å². The maximum Gasteiger partial charge on any atom is 0.144 e. The van der Waals surface area contributed by atoms with Crippen molar-refractivity contribution in [2.75, 3.05) is 0 Å². The van der Waals surface area contributed by atoms with Crippen LogP contribution in [0.15, 0.2) is 40.2 Å². The molecule has 0 amide bonds. The second-order valence-corrected chi connectivity index (χ2v) is 6.82. The maximum atomic E-state index is 5.35. The lowest BCUT2D eigenvalue weighted by molar-refractivity contribution is 0.932. The van der Waals surface area contributed by atoms with Gasteiger partial charge in [-0.2, -0.15) is 0 Å². The number of hydrogen-bond donors (Lipinski definition) is 1. The monoisotopic (exact) mass is 377 g/mol. The van der Waals surface area contributed by atoms with Crippen LogP contribution in [0.2, 0.25) is 0 Å². The molecule has 106 valence electrons. The van der Waals surface area contributed by atoms with Crippen molar-refractivity contribution in [3.63, 3.8) is 0 Å². The van der Waals surface area contributed by atoms with E-state index in [1.165, 1.54) is 0 Å². The molecule has 0 atom stereocenters. The number of nitrogens with one attached hydrogen (secondary N) is 1. The highest BCUT2D eigenvalue weighted by Crippen LogP contribution is 2.27. The first-order chi connectivity index (χ1) is 10.1. The topological polar surface area (TPSA) is 41.6 Å². The van der Waals surface area contributed by atoms with Gasteiger partial charge in [-0.3, -0.25) is 0 Å². The third-order valence-corrected chi connectivity index (χ3v) is 5.14. The Hall–Kier alpha value is -1.37. The van der Waals surface area contributed by atoms with Crippen LogP contribution in [0.4, 0.5) is 0 Å². The number of aromatic nitrogens is 3. The van der Waals surface area contributed by atoms with Crippen molar-refractivity contribution in [3.8, 4) is 11.3 Å². The van der Waals surface area contributed by atoms with Crippen molar-refractivity contribution in [2.24, 2.45) is 0 Å². The van der Waals surface area contributed by atoms with Gasteiger partial charge in [-0.15, -0.1) is 11.3 Å². The van der Waals surface area contributed by atoms with E-state index in [4.69, 9.17) is 12.2 Å². The van der Waals surface area contributed by atoms with Gasteiger partial charge >= 0.3 is 0 Å². The summed E-state index contributed by atoms with van der Waals surface area (Å²) in [4.78, 5) is 12.3. The molecule has 2 heterocycles. The van der Waals surface area contributed by atoms with E-state index in [-0.39, 0.29) is 0 Å². The zero-order valence-corrected chi connectivity index (χ0v) is 14.5. The molecular formula is C15H12BrN3S2. The summed E-state index contributed by atoms with van der Waals surface area (Å²) in [5, 5.41) is 3.11. The van der Waals surface area contributed by atoms with Gasteiger partial charge in [0.2, 0.25) is 0 Å². The second-order valence-electron chi connectivity index (χ2n) is 4.58. The first-order valence-electron chi connectivity index (χ1n) is 6.38. The van der Waals surface area contributed by atoms with Crippen LogP contribution < -0.4 is 0 Å². The molecule has 0 unspecified atom stereocenters. The molecule has 0 aliphatic rings. The van der Waals surface area contributed by atoms with Crippen molar-refractivity contribution in [1.82, 2.24) is 15.0 Å². The summed E-state index contributed by atoms with van der Waals surface area (Å²) in [6.45, 7) is 2.00. The highest BCUT2D eigenvalue weighted by Gasteiger charge is 2.10. The van der Waals surface area contributed by atoms with Crippen molar-refractivity contribution in [3.05, 3.63) is 61.4 Å². The normalized spacial score (nSPS) is 10.8. The lowest BCUT2D eigenvalue weighted by Gasteiger charge is -2.08. The fraction of sp³-hybridized carbons (Fsp3) is 0.133. The molecule has 3 rings (SSSR count). The molecule has 3 aromatic rings. The highest BCUT2D eigenvalue weighted by atomic mass is 79.9. The van der Waals surface area contributed by atoms with Gasteiger partial charge in [0.1, 0.15) is 10.5 Å². The molecule has 1 aromatic carbocycles. The van der Waals surface area contributed by atoms with Gasteiger partial charge in [0.05, 0.1) is 20.9 Å². The fourth-order valence-electron chi connectivity index (χ4n) is 2.05. The number of thiazole rings is 1. The van der Waals surface area contributed by atoms with Crippen LogP contribution in [-0.2, 0) is 6.42 Å². The summed E-state index contributed by atoms with van der Waals surface area (Å²) in [7, 11) is 0. The summed E-state index contributed by atoms with van der Waals surface area (Å²) >= 11 is 10.5. The van der Waals surface area contributed by atoms with Crippen molar-refractivity contribution in [2.45, 2.75) is 13.3 Å². The summed E-state index contributed by atoms with van der Waals surface area (Å²) < 4.78 is 1.39.